The number of hydrogen-bond donors (Lipinski definition) is 1. The second kappa shape index (κ2) is 7.10. The molecule has 9 nitrogen and oxygen atoms in total. The van der Waals surface area contributed by atoms with Crippen LogP contribution in [0.1, 0.15) is 17.4 Å². The average molecular weight is 369 g/mol. The van der Waals surface area contributed by atoms with E-state index in [9.17, 15) is 9.59 Å². The van der Waals surface area contributed by atoms with Crippen molar-refractivity contribution in [2.24, 2.45) is 0 Å². The fraction of sp³-hybridized carbons (Fsp3) is 0.333. The topological polar surface area (TPSA) is 96.9 Å². The lowest BCUT2D eigenvalue weighted by Gasteiger charge is -2.33. The molecule has 2 aromatic rings. The van der Waals surface area contributed by atoms with E-state index in [1.807, 2.05) is 18.2 Å². The zero-order valence-electron chi connectivity index (χ0n) is 14.8. The van der Waals surface area contributed by atoms with E-state index in [4.69, 9.17) is 9.47 Å². The Morgan fingerprint density at radius 2 is 1.70 bits per heavy atom. The third-order valence-electron chi connectivity index (χ3n) is 4.54. The molecule has 0 radical (unpaired) electrons. The van der Waals surface area contributed by atoms with Crippen LogP contribution < -0.4 is 14.8 Å². The van der Waals surface area contributed by atoms with Gasteiger partial charge in [0.1, 0.15) is 0 Å². The first-order valence-corrected chi connectivity index (χ1v) is 8.65. The lowest BCUT2D eigenvalue weighted by molar-refractivity contribution is -0.130. The molecule has 1 N–H and O–H groups in total. The summed E-state index contributed by atoms with van der Waals surface area (Å²) >= 11 is 0. The molecule has 2 aliphatic heterocycles. The van der Waals surface area contributed by atoms with E-state index in [-0.39, 0.29) is 24.3 Å². The standard InChI is InChI=1S/C18H19N5O4/c1-12(24)22-6-8-23(9-7-22)18(25)14-3-5-17(21-20-14)19-13-2-4-15-16(10-13)27-11-26-15/h2-5,10H,6-9,11H2,1H3,(H,19,21). The summed E-state index contributed by atoms with van der Waals surface area (Å²) in [6, 6.07) is 8.83. The Kier molecular flexibility index (Phi) is 4.49. The van der Waals surface area contributed by atoms with Gasteiger partial charge in [-0.15, -0.1) is 10.2 Å². The number of rotatable bonds is 3. The number of nitrogens with zero attached hydrogens (tertiary/aromatic N) is 4. The van der Waals surface area contributed by atoms with Gasteiger partial charge in [0.2, 0.25) is 12.7 Å². The summed E-state index contributed by atoms with van der Waals surface area (Å²) in [6.07, 6.45) is 0. The van der Waals surface area contributed by atoms with Gasteiger partial charge in [0.05, 0.1) is 0 Å². The van der Waals surface area contributed by atoms with E-state index < -0.39 is 0 Å². The second-order valence-corrected chi connectivity index (χ2v) is 6.30. The van der Waals surface area contributed by atoms with Gasteiger partial charge in [-0.1, -0.05) is 0 Å². The maximum Gasteiger partial charge on any atom is 0.274 e. The zero-order chi connectivity index (χ0) is 18.8. The fourth-order valence-electron chi connectivity index (χ4n) is 3.02. The van der Waals surface area contributed by atoms with E-state index in [0.717, 1.165) is 5.69 Å². The number of ether oxygens (including phenoxy) is 2. The van der Waals surface area contributed by atoms with Crippen molar-refractivity contribution in [3.05, 3.63) is 36.0 Å². The minimum atomic E-state index is -0.180. The van der Waals surface area contributed by atoms with Gasteiger partial charge in [0.25, 0.3) is 5.91 Å². The molecule has 1 aromatic heterocycles. The molecule has 9 heteroatoms. The summed E-state index contributed by atoms with van der Waals surface area (Å²) in [6.45, 7) is 3.83. The Balaban J connectivity index is 1.39. The van der Waals surface area contributed by atoms with Gasteiger partial charge >= 0.3 is 0 Å². The third kappa shape index (κ3) is 3.62. The van der Waals surface area contributed by atoms with E-state index in [2.05, 4.69) is 15.5 Å². The largest absolute Gasteiger partial charge is 0.454 e. The zero-order valence-corrected chi connectivity index (χ0v) is 14.8. The third-order valence-corrected chi connectivity index (χ3v) is 4.54. The number of hydrogen-bond acceptors (Lipinski definition) is 7. The molecule has 0 atom stereocenters. The fourth-order valence-corrected chi connectivity index (χ4v) is 3.02. The minimum absolute atomic E-state index is 0.0286. The van der Waals surface area contributed by atoms with Crippen molar-refractivity contribution in [3.8, 4) is 11.5 Å². The summed E-state index contributed by atoms with van der Waals surface area (Å²) in [5.74, 6) is 1.75. The molecular formula is C18H19N5O4. The monoisotopic (exact) mass is 369 g/mol. The Morgan fingerprint density at radius 1 is 0.963 bits per heavy atom. The number of carbonyl (C=O) groups is 2. The van der Waals surface area contributed by atoms with Gasteiger partial charge in [0, 0.05) is 44.9 Å². The van der Waals surface area contributed by atoms with Crippen molar-refractivity contribution < 1.29 is 19.1 Å². The van der Waals surface area contributed by atoms with Crippen LogP contribution in [0, 0.1) is 0 Å². The number of benzene rings is 1. The molecule has 0 unspecified atom stereocenters. The molecule has 140 valence electrons. The average Bonchev–Trinajstić information content (AvgIpc) is 3.16. The molecule has 1 aromatic carbocycles. The molecule has 4 rings (SSSR count). The predicted molar refractivity (Wildman–Crippen MR) is 96.0 cm³/mol. The van der Waals surface area contributed by atoms with Gasteiger partial charge in [-0.05, 0) is 24.3 Å². The van der Waals surface area contributed by atoms with Crippen LogP contribution in [0.2, 0.25) is 0 Å². The molecule has 0 aliphatic carbocycles. The Hall–Kier alpha value is -3.36. The molecular weight excluding hydrogens is 350 g/mol. The van der Waals surface area contributed by atoms with E-state index in [1.54, 1.807) is 21.9 Å². The van der Waals surface area contributed by atoms with Crippen LogP contribution >= 0.6 is 0 Å². The smallest absolute Gasteiger partial charge is 0.274 e. The van der Waals surface area contributed by atoms with Crippen molar-refractivity contribution in [1.82, 2.24) is 20.0 Å². The molecule has 27 heavy (non-hydrogen) atoms. The number of fused-ring (bicyclic) bond motifs is 1. The molecule has 1 saturated heterocycles. The Morgan fingerprint density at radius 3 is 2.41 bits per heavy atom. The van der Waals surface area contributed by atoms with E-state index in [0.29, 0.717) is 43.5 Å². The van der Waals surface area contributed by atoms with Crippen molar-refractivity contribution in [3.63, 3.8) is 0 Å². The summed E-state index contributed by atoms with van der Waals surface area (Å²) in [5, 5.41) is 11.2. The minimum Gasteiger partial charge on any atom is -0.454 e. The highest BCUT2D eigenvalue weighted by Crippen LogP contribution is 2.34. The lowest BCUT2D eigenvalue weighted by Crippen LogP contribution is -2.50. The van der Waals surface area contributed by atoms with Crippen LogP contribution in [-0.2, 0) is 4.79 Å². The van der Waals surface area contributed by atoms with E-state index in [1.165, 1.54) is 6.92 Å². The van der Waals surface area contributed by atoms with Crippen LogP contribution in [0.3, 0.4) is 0 Å². The quantitative estimate of drug-likeness (QED) is 0.870. The van der Waals surface area contributed by atoms with Crippen LogP contribution in [0.15, 0.2) is 30.3 Å². The van der Waals surface area contributed by atoms with Crippen molar-refractivity contribution >= 4 is 23.3 Å². The number of nitrogens with one attached hydrogen (secondary N) is 1. The van der Waals surface area contributed by atoms with Gasteiger partial charge in [-0.25, -0.2) is 0 Å². The highest BCUT2D eigenvalue weighted by molar-refractivity contribution is 5.92. The summed E-state index contributed by atoms with van der Waals surface area (Å²) in [7, 11) is 0. The lowest BCUT2D eigenvalue weighted by atomic mass is 10.2. The van der Waals surface area contributed by atoms with Gasteiger partial charge < -0.3 is 24.6 Å². The van der Waals surface area contributed by atoms with Crippen LogP contribution in [0.4, 0.5) is 11.5 Å². The first-order valence-electron chi connectivity index (χ1n) is 8.65. The molecule has 0 saturated carbocycles. The van der Waals surface area contributed by atoms with Gasteiger partial charge in [-0.3, -0.25) is 9.59 Å². The molecule has 3 heterocycles. The van der Waals surface area contributed by atoms with Crippen molar-refractivity contribution in [2.45, 2.75) is 6.92 Å². The number of carbonyl (C=O) groups excluding carboxylic acids is 2. The molecule has 2 aliphatic rings. The van der Waals surface area contributed by atoms with Crippen molar-refractivity contribution in [1.29, 1.82) is 0 Å². The van der Waals surface area contributed by atoms with Gasteiger partial charge in [-0.2, -0.15) is 0 Å². The molecule has 0 bridgehead atoms. The second-order valence-electron chi connectivity index (χ2n) is 6.30. The molecule has 0 spiro atoms. The SMILES string of the molecule is CC(=O)N1CCN(C(=O)c2ccc(Nc3ccc4c(c3)OCO4)nn2)CC1. The number of aromatic nitrogens is 2. The van der Waals surface area contributed by atoms with Crippen molar-refractivity contribution in [2.75, 3.05) is 38.3 Å². The van der Waals surface area contributed by atoms with Crippen LogP contribution in [-0.4, -0.2) is 64.8 Å². The van der Waals surface area contributed by atoms with Crippen LogP contribution in [0.25, 0.3) is 0 Å². The number of amides is 2. The van der Waals surface area contributed by atoms with Gasteiger partial charge in [0.15, 0.2) is 23.0 Å². The maximum absolute atomic E-state index is 12.5. The normalized spacial score (nSPS) is 15.6. The first kappa shape index (κ1) is 17.1. The summed E-state index contributed by atoms with van der Waals surface area (Å²) in [5.41, 5.74) is 1.07. The van der Waals surface area contributed by atoms with E-state index >= 15 is 0 Å². The summed E-state index contributed by atoms with van der Waals surface area (Å²) < 4.78 is 10.6. The Bertz CT molecular complexity index is 863. The van der Waals surface area contributed by atoms with Crippen LogP contribution in [0.5, 0.6) is 11.5 Å². The number of anilines is 2. The number of piperazine rings is 1. The maximum atomic E-state index is 12.5. The first-order chi connectivity index (χ1) is 13.1. The predicted octanol–water partition coefficient (Wildman–Crippen LogP) is 1.25. The molecule has 1 fully saturated rings. The highest BCUT2D eigenvalue weighted by Gasteiger charge is 2.24. The molecule has 2 amide bonds. The summed E-state index contributed by atoms with van der Waals surface area (Å²) in [4.78, 5) is 27.3. The highest BCUT2D eigenvalue weighted by atomic mass is 16.7. The Labute approximate surface area is 155 Å².